The highest BCUT2D eigenvalue weighted by Gasteiger charge is 2.26. The fourth-order valence-electron chi connectivity index (χ4n) is 3.46. The second-order valence-electron chi connectivity index (χ2n) is 8.74. The van der Waals surface area contributed by atoms with Crippen LogP contribution in [0.3, 0.4) is 0 Å². The molecule has 0 spiro atoms. The SMILES string of the molecule is Cc1ccc2nc(NC(=O)C(Cc3c[nH]c4ccccc34)NC(=O)OC(C)(C)C)sc2c1. The molecule has 2 aromatic heterocycles. The van der Waals surface area contributed by atoms with Crippen LogP contribution in [0.1, 0.15) is 31.9 Å². The molecule has 0 saturated heterocycles. The van der Waals surface area contributed by atoms with Crippen LogP contribution in [0.5, 0.6) is 0 Å². The van der Waals surface area contributed by atoms with Gasteiger partial charge in [-0.25, -0.2) is 9.78 Å². The second-order valence-corrected chi connectivity index (χ2v) is 9.77. The molecule has 0 bridgehead atoms. The number of amides is 2. The Balaban J connectivity index is 1.57. The first-order chi connectivity index (χ1) is 15.2. The first-order valence-electron chi connectivity index (χ1n) is 10.4. The molecular weight excluding hydrogens is 424 g/mol. The summed E-state index contributed by atoms with van der Waals surface area (Å²) in [5.74, 6) is -0.350. The Labute approximate surface area is 190 Å². The van der Waals surface area contributed by atoms with Gasteiger partial charge in [0, 0.05) is 23.5 Å². The van der Waals surface area contributed by atoms with Crippen molar-refractivity contribution < 1.29 is 14.3 Å². The van der Waals surface area contributed by atoms with Gasteiger partial charge in [0.25, 0.3) is 0 Å². The van der Waals surface area contributed by atoms with Crippen LogP contribution in [-0.4, -0.2) is 33.6 Å². The largest absolute Gasteiger partial charge is 0.444 e. The van der Waals surface area contributed by atoms with E-state index in [1.165, 1.54) is 11.3 Å². The smallest absolute Gasteiger partial charge is 0.408 e. The summed E-state index contributed by atoms with van der Waals surface area (Å²) in [6.45, 7) is 7.36. The number of carbonyl (C=O) groups excluding carboxylic acids is 2. The summed E-state index contributed by atoms with van der Waals surface area (Å²) >= 11 is 1.40. The van der Waals surface area contributed by atoms with Gasteiger partial charge in [-0.3, -0.25) is 4.79 Å². The van der Waals surface area contributed by atoms with E-state index in [-0.39, 0.29) is 5.91 Å². The molecule has 32 heavy (non-hydrogen) atoms. The number of nitrogens with one attached hydrogen (secondary N) is 3. The van der Waals surface area contributed by atoms with E-state index in [9.17, 15) is 9.59 Å². The fourth-order valence-corrected chi connectivity index (χ4v) is 4.42. The summed E-state index contributed by atoms with van der Waals surface area (Å²) < 4.78 is 6.38. The average molecular weight is 451 g/mol. The summed E-state index contributed by atoms with van der Waals surface area (Å²) in [7, 11) is 0. The molecule has 0 aliphatic heterocycles. The minimum atomic E-state index is -0.835. The van der Waals surface area contributed by atoms with E-state index in [1.54, 1.807) is 20.8 Å². The van der Waals surface area contributed by atoms with Crippen LogP contribution in [0.15, 0.2) is 48.7 Å². The van der Waals surface area contributed by atoms with Gasteiger partial charge in [0.1, 0.15) is 11.6 Å². The molecule has 0 aliphatic carbocycles. The second kappa shape index (κ2) is 8.63. The first-order valence-corrected chi connectivity index (χ1v) is 11.2. The minimum absolute atomic E-state index is 0.305. The lowest BCUT2D eigenvalue weighted by Crippen LogP contribution is -2.47. The van der Waals surface area contributed by atoms with Crippen molar-refractivity contribution in [3.05, 3.63) is 59.8 Å². The van der Waals surface area contributed by atoms with Crippen LogP contribution in [0, 0.1) is 6.92 Å². The van der Waals surface area contributed by atoms with E-state index in [0.29, 0.717) is 11.6 Å². The van der Waals surface area contributed by atoms with Crippen molar-refractivity contribution in [2.45, 2.75) is 45.8 Å². The van der Waals surface area contributed by atoms with Crippen molar-refractivity contribution >= 4 is 49.6 Å². The molecule has 0 fully saturated rings. The molecule has 4 rings (SSSR count). The van der Waals surface area contributed by atoms with Crippen LogP contribution < -0.4 is 10.6 Å². The maximum absolute atomic E-state index is 13.2. The van der Waals surface area contributed by atoms with E-state index < -0.39 is 17.7 Å². The maximum atomic E-state index is 13.2. The van der Waals surface area contributed by atoms with E-state index in [0.717, 1.165) is 32.2 Å². The first kappa shape index (κ1) is 21.8. The highest BCUT2D eigenvalue weighted by Crippen LogP contribution is 2.27. The number of rotatable bonds is 5. The molecule has 166 valence electrons. The van der Waals surface area contributed by atoms with Gasteiger partial charge >= 0.3 is 6.09 Å². The number of aromatic amines is 1. The summed E-state index contributed by atoms with van der Waals surface area (Å²) in [6, 6.07) is 13.0. The van der Waals surface area contributed by atoms with Crippen LogP contribution >= 0.6 is 11.3 Å². The molecule has 0 radical (unpaired) electrons. The van der Waals surface area contributed by atoms with Crippen molar-refractivity contribution in [1.82, 2.24) is 15.3 Å². The van der Waals surface area contributed by atoms with E-state index in [4.69, 9.17) is 4.74 Å². The molecule has 8 heteroatoms. The van der Waals surface area contributed by atoms with E-state index in [2.05, 4.69) is 20.6 Å². The molecule has 0 saturated carbocycles. The van der Waals surface area contributed by atoms with Gasteiger partial charge in [-0.2, -0.15) is 0 Å². The zero-order chi connectivity index (χ0) is 22.9. The number of nitrogens with zero attached hydrogens (tertiary/aromatic N) is 1. The lowest BCUT2D eigenvalue weighted by Gasteiger charge is -2.23. The zero-order valence-electron chi connectivity index (χ0n) is 18.5. The topological polar surface area (TPSA) is 96.1 Å². The van der Waals surface area contributed by atoms with Crippen molar-refractivity contribution in [3.63, 3.8) is 0 Å². The molecule has 2 amide bonds. The van der Waals surface area contributed by atoms with Crippen LogP contribution in [0.4, 0.5) is 9.93 Å². The van der Waals surface area contributed by atoms with Crippen molar-refractivity contribution in [2.24, 2.45) is 0 Å². The van der Waals surface area contributed by atoms with Gasteiger partial charge in [-0.1, -0.05) is 35.6 Å². The number of ether oxygens (including phenoxy) is 1. The number of aryl methyl sites for hydroxylation is 1. The number of anilines is 1. The number of fused-ring (bicyclic) bond motifs is 2. The lowest BCUT2D eigenvalue weighted by molar-refractivity contribution is -0.118. The van der Waals surface area contributed by atoms with Crippen molar-refractivity contribution in [3.8, 4) is 0 Å². The number of alkyl carbamates (subject to hydrolysis) is 1. The Kier molecular flexibility index (Phi) is 5.88. The van der Waals surface area contributed by atoms with Crippen LogP contribution in [0.25, 0.3) is 21.1 Å². The molecule has 1 unspecified atom stereocenters. The summed E-state index contributed by atoms with van der Waals surface area (Å²) in [6.07, 6.45) is 1.53. The Morgan fingerprint density at radius 1 is 1.19 bits per heavy atom. The lowest BCUT2D eigenvalue weighted by atomic mass is 10.0. The molecule has 7 nitrogen and oxygen atoms in total. The molecule has 2 heterocycles. The number of para-hydroxylation sites is 1. The number of H-pyrrole nitrogens is 1. The Morgan fingerprint density at radius 3 is 2.75 bits per heavy atom. The normalized spacial score (nSPS) is 12.6. The van der Waals surface area contributed by atoms with Crippen molar-refractivity contribution in [2.75, 3.05) is 5.32 Å². The molecule has 3 N–H and O–H groups in total. The third kappa shape index (κ3) is 5.08. The molecular formula is C24H26N4O3S. The number of thiazole rings is 1. The van der Waals surface area contributed by atoms with Gasteiger partial charge in [0.15, 0.2) is 5.13 Å². The summed E-state index contributed by atoms with van der Waals surface area (Å²) in [5.41, 5.74) is 3.18. The monoisotopic (exact) mass is 450 g/mol. The standard InChI is InChI=1S/C24H26N4O3S/c1-14-9-10-18-20(11-14)32-22(26-18)28-21(29)19(27-23(30)31-24(2,3)4)12-15-13-25-17-8-6-5-7-16(15)17/h5-11,13,19,25H,12H2,1-4H3,(H,27,30)(H,26,28,29). The minimum Gasteiger partial charge on any atom is -0.444 e. The Morgan fingerprint density at radius 2 is 1.97 bits per heavy atom. The Bertz CT molecular complexity index is 1290. The van der Waals surface area contributed by atoms with Crippen LogP contribution in [0.2, 0.25) is 0 Å². The zero-order valence-corrected chi connectivity index (χ0v) is 19.3. The predicted molar refractivity (Wildman–Crippen MR) is 128 cm³/mol. The molecule has 4 aromatic rings. The van der Waals surface area contributed by atoms with Gasteiger partial charge in [0.05, 0.1) is 10.2 Å². The van der Waals surface area contributed by atoms with Gasteiger partial charge in [0.2, 0.25) is 5.91 Å². The molecule has 0 aliphatic rings. The summed E-state index contributed by atoms with van der Waals surface area (Å²) in [4.78, 5) is 33.4. The molecule has 2 aromatic carbocycles. The number of hydrogen-bond donors (Lipinski definition) is 3. The Hall–Kier alpha value is -3.39. The van der Waals surface area contributed by atoms with Gasteiger partial charge < -0.3 is 20.4 Å². The van der Waals surface area contributed by atoms with Crippen LogP contribution in [-0.2, 0) is 16.0 Å². The number of benzene rings is 2. The third-order valence-electron chi connectivity index (χ3n) is 4.88. The highest BCUT2D eigenvalue weighted by atomic mass is 32.1. The quantitative estimate of drug-likeness (QED) is 0.391. The number of hydrogen-bond acceptors (Lipinski definition) is 5. The summed E-state index contributed by atoms with van der Waals surface area (Å²) in [5, 5.41) is 7.09. The number of aromatic nitrogens is 2. The average Bonchev–Trinajstić information content (AvgIpc) is 3.29. The van der Waals surface area contributed by atoms with E-state index >= 15 is 0 Å². The molecule has 1 atom stereocenters. The number of carbonyl (C=O) groups is 2. The third-order valence-corrected chi connectivity index (χ3v) is 5.81. The van der Waals surface area contributed by atoms with E-state index in [1.807, 2.05) is 55.6 Å². The van der Waals surface area contributed by atoms with Crippen molar-refractivity contribution in [1.29, 1.82) is 0 Å². The fraction of sp³-hybridized carbons (Fsp3) is 0.292. The van der Waals surface area contributed by atoms with Gasteiger partial charge in [-0.15, -0.1) is 0 Å². The maximum Gasteiger partial charge on any atom is 0.408 e. The highest BCUT2D eigenvalue weighted by molar-refractivity contribution is 7.22. The predicted octanol–water partition coefficient (Wildman–Crippen LogP) is 5.16. The van der Waals surface area contributed by atoms with Gasteiger partial charge in [-0.05, 0) is 57.0 Å².